The van der Waals surface area contributed by atoms with Crippen LogP contribution in [-0.2, 0) is 0 Å². The molecule has 0 bridgehead atoms. The lowest BCUT2D eigenvalue weighted by molar-refractivity contribution is 1.32. The van der Waals surface area contributed by atoms with Crippen LogP contribution in [0.3, 0.4) is 0 Å². The molecule has 0 spiro atoms. The maximum absolute atomic E-state index is 5.00. The SMILES string of the molecule is Brc1ccc(-c2ccc(-c3ccccc3)nc2-c2ccccc2)cc1. The topological polar surface area (TPSA) is 12.9 Å². The van der Waals surface area contributed by atoms with Crippen molar-refractivity contribution in [1.29, 1.82) is 0 Å². The van der Waals surface area contributed by atoms with Gasteiger partial charge in [0, 0.05) is 21.2 Å². The summed E-state index contributed by atoms with van der Waals surface area (Å²) in [5.74, 6) is 0. The van der Waals surface area contributed by atoms with Crippen molar-refractivity contribution in [1.82, 2.24) is 4.98 Å². The number of halogens is 1. The zero-order chi connectivity index (χ0) is 17.1. The van der Waals surface area contributed by atoms with Crippen LogP contribution >= 0.6 is 15.9 Å². The van der Waals surface area contributed by atoms with Crippen molar-refractivity contribution in [2.75, 3.05) is 0 Å². The summed E-state index contributed by atoms with van der Waals surface area (Å²) in [4.78, 5) is 5.00. The van der Waals surface area contributed by atoms with E-state index in [9.17, 15) is 0 Å². The summed E-state index contributed by atoms with van der Waals surface area (Å²) in [6, 6.07) is 33.3. The molecule has 0 unspecified atom stereocenters. The fourth-order valence-electron chi connectivity index (χ4n) is 2.91. The van der Waals surface area contributed by atoms with Gasteiger partial charge in [0.2, 0.25) is 0 Å². The first kappa shape index (κ1) is 15.8. The smallest absolute Gasteiger partial charge is 0.0787 e. The molecule has 0 aliphatic rings. The minimum absolute atomic E-state index is 0.986. The van der Waals surface area contributed by atoms with E-state index in [0.717, 1.165) is 38.1 Å². The second-order valence-corrected chi connectivity index (χ2v) is 6.75. The van der Waals surface area contributed by atoms with Gasteiger partial charge in [0.15, 0.2) is 0 Å². The predicted molar refractivity (Wildman–Crippen MR) is 108 cm³/mol. The lowest BCUT2D eigenvalue weighted by atomic mass is 9.98. The number of nitrogens with zero attached hydrogens (tertiary/aromatic N) is 1. The fourth-order valence-corrected chi connectivity index (χ4v) is 3.17. The third-order valence-electron chi connectivity index (χ3n) is 4.17. The molecule has 0 aliphatic carbocycles. The molecule has 25 heavy (non-hydrogen) atoms. The molecule has 3 aromatic carbocycles. The molecule has 0 atom stereocenters. The van der Waals surface area contributed by atoms with Gasteiger partial charge in [0.05, 0.1) is 11.4 Å². The third-order valence-corrected chi connectivity index (χ3v) is 4.70. The lowest BCUT2D eigenvalue weighted by Gasteiger charge is -2.12. The Balaban J connectivity index is 1.91. The zero-order valence-electron chi connectivity index (χ0n) is 13.6. The number of hydrogen-bond acceptors (Lipinski definition) is 1. The van der Waals surface area contributed by atoms with Gasteiger partial charge in [-0.15, -0.1) is 0 Å². The van der Waals surface area contributed by atoms with Gasteiger partial charge >= 0.3 is 0 Å². The quantitative estimate of drug-likeness (QED) is 0.375. The number of hydrogen-bond donors (Lipinski definition) is 0. The van der Waals surface area contributed by atoms with Gasteiger partial charge < -0.3 is 0 Å². The van der Waals surface area contributed by atoms with E-state index in [0.29, 0.717) is 0 Å². The van der Waals surface area contributed by atoms with Crippen LogP contribution in [0, 0.1) is 0 Å². The summed E-state index contributed by atoms with van der Waals surface area (Å²) < 4.78 is 1.08. The summed E-state index contributed by atoms with van der Waals surface area (Å²) in [5, 5.41) is 0. The highest BCUT2D eigenvalue weighted by molar-refractivity contribution is 9.10. The Morgan fingerprint density at radius 1 is 0.520 bits per heavy atom. The van der Waals surface area contributed by atoms with Crippen molar-refractivity contribution in [3.63, 3.8) is 0 Å². The van der Waals surface area contributed by atoms with Crippen LogP contribution in [0.15, 0.2) is 102 Å². The van der Waals surface area contributed by atoms with E-state index in [4.69, 9.17) is 4.98 Å². The Hall–Kier alpha value is -2.71. The molecular weight excluding hydrogens is 370 g/mol. The van der Waals surface area contributed by atoms with E-state index in [1.165, 1.54) is 0 Å². The average Bonchev–Trinajstić information content (AvgIpc) is 2.70. The molecular formula is C23H16BrN. The Morgan fingerprint density at radius 3 is 1.76 bits per heavy atom. The molecule has 1 aromatic heterocycles. The summed E-state index contributed by atoms with van der Waals surface area (Å²) in [6.45, 7) is 0. The first-order valence-corrected chi connectivity index (χ1v) is 8.98. The number of rotatable bonds is 3. The van der Waals surface area contributed by atoms with Crippen molar-refractivity contribution in [3.05, 3.63) is 102 Å². The molecule has 0 fully saturated rings. The molecule has 120 valence electrons. The highest BCUT2D eigenvalue weighted by atomic mass is 79.9. The van der Waals surface area contributed by atoms with Crippen molar-refractivity contribution in [2.24, 2.45) is 0 Å². The summed E-state index contributed by atoms with van der Waals surface area (Å²) >= 11 is 3.51. The van der Waals surface area contributed by atoms with Crippen LogP contribution in [0.2, 0.25) is 0 Å². The van der Waals surface area contributed by atoms with Crippen LogP contribution in [-0.4, -0.2) is 4.98 Å². The minimum atomic E-state index is 0.986. The first-order chi connectivity index (χ1) is 12.3. The number of pyridine rings is 1. The Kier molecular flexibility index (Phi) is 4.45. The summed E-state index contributed by atoms with van der Waals surface area (Å²) in [6.07, 6.45) is 0. The Labute approximate surface area is 156 Å². The normalized spacial score (nSPS) is 10.6. The van der Waals surface area contributed by atoms with Crippen molar-refractivity contribution in [3.8, 4) is 33.6 Å². The number of aromatic nitrogens is 1. The Bertz CT molecular complexity index is 977. The fraction of sp³-hybridized carbons (Fsp3) is 0. The van der Waals surface area contributed by atoms with Crippen LogP contribution in [0.4, 0.5) is 0 Å². The van der Waals surface area contributed by atoms with Gasteiger partial charge in [-0.25, -0.2) is 4.98 Å². The maximum atomic E-state index is 5.00. The molecule has 4 rings (SSSR count). The van der Waals surface area contributed by atoms with Crippen LogP contribution < -0.4 is 0 Å². The van der Waals surface area contributed by atoms with Gasteiger partial charge in [-0.3, -0.25) is 0 Å². The van der Waals surface area contributed by atoms with Crippen molar-refractivity contribution >= 4 is 15.9 Å². The minimum Gasteiger partial charge on any atom is -0.247 e. The van der Waals surface area contributed by atoms with Crippen molar-refractivity contribution in [2.45, 2.75) is 0 Å². The molecule has 1 heterocycles. The molecule has 2 heteroatoms. The molecule has 0 saturated carbocycles. The van der Waals surface area contributed by atoms with E-state index >= 15 is 0 Å². The van der Waals surface area contributed by atoms with E-state index in [-0.39, 0.29) is 0 Å². The molecule has 0 radical (unpaired) electrons. The highest BCUT2D eigenvalue weighted by Gasteiger charge is 2.11. The Morgan fingerprint density at radius 2 is 1.12 bits per heavy atom. The zero-order valence-corrected chi connectivity index (χ0v) is 15.1. The van der Waals surface area contributed by atoms with Crippen molar-refractivity contribution < 1.29 is 0 Å². The van der Waals surface area contributed by atoms with E-state index in [1.54, 1.807) is 0 Å². The average molecular weight is 386 g/mol. The largest absolute Gasteiger partial charge is 0.247 e. The van der Waals surface area contributed by atoms with Gasteiger partial charge in [-0.2, -0.15) is 0 Å². The van der Waals surface area contributed by atoms with E-state index in [1.807, 2.05) is 24.3 Å². The molecule has 1 nitrogen and oxygen atoms in total. The van der Waals surface area contributed by atoms with E-state index < -0.39 is 0 Å². The predicted octanol–water partition coefficient (Wildman–Crippen LogP) is 6.85. The standard InChI is InChI=1S/C23H16BrN/c24-20-13-11-17(12-14-20)21-15-16-22(18-7-3-1-4-8-18)25-23(21)19-9-5-2-6-10-19/h1-16H. The highest BCUT2D eigenvalue weighted by Crippen LogP contribution is 2.33. The first-order valence-electron chi connectivity index (χ1n) is 8.19. The van der Waals surface area contributed by atoms with Crippen LogP contribution in [0.5, 0.6) is 0 Å². The van der Waals surface area contributed by atoms with Gasteiger partial charge in [-0.05, 0) is 23.8 Å². The van der Waals surface area contributed by atoms with Crippen LogP contribution in [0.25, 0.3) is 33.6 Å². The summed E-state index contributed by atoms with van der Waals surface area (Å²) in [7, 11) is 0. The van der Waals surface area contributed by atoms with Gasteiger partial charge in [-0.1, -0.05) is 94.8 Å². The second kappa shape index (κ2) is 7.04. The monoisotopic (exact) mass is 385 g/mol. The second-order valence-electron chi connectivity index (χ2n) is 5.83. The molecule has 0 aliphatic heterocycles. The summed E-state index contributed by atoms with van der Waals surface area (Å²) in [5.41, 5.74) is 6.54. The molecule has 4 aromatic rings. The molecule has 0 N–H and O–H groups in total. The van der Waals surface area contributed by atoms with Crippen LogP contribution in [0.1, 0.15) is 0 Å². The lowest BCUT2D eigenvalue weighted by Crippen LogP contribution is -1.92. The van der Waals surface area contributed by atoms with Gasteiger partial charge in [0.1, 0.15) is 0 Å². The third kappa shape index (κ3) is 3.40. The molecule has 0 amide bonds. The van der Waals surface area contributed by atoms with Gasteiger partial charge in [0.25, 0.3) is 0 Å². The van der Waals surface area contributed by atoms with E-state index in [2.05, 4.69) is 88.7 Å². The maximum Gasteiger partial charge on any atom is 0.0787 e. The number of benzene rings is 3. The molecule has 0 saturated heterocycles.